The van der Waals surface area contributed by atoms with Crippen molar-refractivity contribution in [2.45, 2.75) is 62.7 Å². The third kappa shape index (κ3) is 12.4. The number of carbonyl (C=O) groups is 6. The van der Waals surface area contributed by atoms with Crippen LogP contribution < -0.4 is 27.4 Å². The summed E-state index contributed by atoms with van der Waals surface area (Å²) in [7, 11) is 0. The Hall–Kier alpha value is -3.30. The molecule has 0 spiro atoms. The van der Waals surface area contributed by atoms with E-state index in [0.717, 1.165) is 0 Å². The number of nitrogens with two attached hydrogens (primary N) is 2. The molecule has 0 aliphatic rings. The van der Waals surface area contributed by atoms with Crippen LogP contribution in [0.2, 0.25) is 0 Å². The topological polar surface area (TPSA) is 271 Å². The van der Waals surface area contributed by atoms with E-state index in [-0.39, 0.29) is 13.0 Å². The molecule has 4 atom stereocenters. The molecule has 0 bridgehead atoms. The van der Waals surface area contributed by atoms with Gasteiger partial charge in [0.25, 0.3) is 0 Å². The molecule has 0 aromatic rings. The van der Waals surface area contributed by atoms with Gasteiger partial charge in [-0.05, 0) is 32.2 Å². The lowest BCUT2D eigenvalue weighted by Gasteiger charge is -2.24. The number of rotatable bonds is 17. The van der Waals surface area contributed by atoms with E-state index in [1.54, 1.807) is 0 Å². The molecule has 0 saturated heterocycles. The van der Waals surface area contributed by atoms with Gasteiger partial charge in [0, 0.05) is 6.42 Å². The smallest absolute Gasteiger partial charge is 0.326 e. The predicted octanol–water partition coefficient (Wildman–Crippen LogP) is -3.69. The number of carboxylic acid groups (broad SMARTS) is 3. The van der Waals surface area contributed by atoms with Crippen molar-refractivity contribution in [2.24, 2.45) is 11.5 Å². The second kappa shape index (κ2) is 15.5. The SMILES string of the molecule is NCCCCC(NC(=O)C(CC(=O)O)NC(=O)C(N)CO)C(=O)NC(CCC(=O)O)C(=O)O. The Morgan fingerprint density at radius 1 is 0.727 bits per heavy atom. The molecule has 0 rings (SSSR count). The Bertz CT molecular complexity index is 717. The van der Waals surface area contributed by atoms with E-state index in [1.165, 1.54) is 0 Å². The first-order chi connectivity index (χ1) is 15.4. The lowest BCUT2D eigenvalue weighted by molar-refractivity contribution is -0.144. The van der Waals surface area contributed by atoms with Gasteiger partial charge in [-0.2, -0.15) is 0 Å². The predicted molar refractivity (Wildman–Crippen MR) is 111 cm³/mol. The molecular weight excluding hydrogens is 446 g/mol. The van der Waals surface area contributed by atoms with Crippen LogP contribution in [0.15, 0.2) is 0 Å². The zero-order valence-corrected chi connectivity index (χ0v) is 17.9. The van der Waals surface area contributed by atoms with Crippen LogP contribution >= 0.6 is 0 Å². The van der Waals surface area contributed by atoms with Crippen LogP contribution in [0.5, 0.6) is 0 Å². The standard InChI is InChI=1S/C18H31N5O10/c19-6-2-1-3-10(16(30)22-11(18(32)33)4-5-13(25)26)21-17(31)12(7-14(27)28)23-15(29)9(20)8-24/h9-12,24H,1-8,19-20H2,(H,21,31)(H,22,30)(H,23,29)(H,25,26)(H,27,28)(H,32,33). The number of aliphatic hydroxyl groups excluding tert-OH is 1. The summed E-state index contributed by atoms with van der Waals surface area (Å²) in [4.78, 5) is 70.3. The number of nitrogens with one attached hydrogen (secondary N) is 3. The molecule has 0 heterocycles. The minimum Gasteiger partial charge on any atom is -0.481 e. The average Bonchev–Trinajstić information content (AvgIpc) is 2.73. The van der Waals surface area contributed by atoms with Crippen molar-refractivity contribution in [1.29, 1.82) is 0 Å². The van der Waals surface area contributed by atoms with Crippen LogP contribution in [0.1, 0.15) is 38.5 Å². The number of aliphatic hydroxyl groups is 1. The highest BCUT2D eigenvalue weighted by atomic mass is 16.4. The molecule has 0 fully saturated rings. The lowest BCUT2D eigenvalue weighted by Crippen LogP contribution is -2.57. The molecule has 33 heavy (non-hydrogen) atoms. The number of carboxylic acids is 3. The highest BCUT2D eigenvalue weighted by Crippen LogP contribution is 2.06. The molecule has 0 saturated carbocycles. The Kier molecular flexibility index (Phi) is 13.9. The largest absolute Gasteiger partial charge is 0.481 e. The maximum Gasteiger partial charge on any atom is 0.326 e. The first kappa shape index (κ1) is 29.7. The highest BCUT2D eigenvalue weighted by molar-refractivity contribution is 5.95. The molecule has 15 heteroatoms. The van der Waals surface area contributed by atoms with Crippen LogP contribution in [0, 0.1) is 0 Å². The Morgan fingerprint density at radius 2 is 1.27 bits per heavy atom. The normalized spacial score (nSPS) is 14.3. The number of hydrogen-bond acceptors (Lipinski definition) is 9. The quantitative estimate of drug-likeness (QED) is 0.0916. The second-order valence-electron chi connectivity index (χ2n) is 7.13. The van der Waals surface area contributed by atoms with Gasteiger partial charge in [-0.3, -0.25) is 24.0 Å². The van der Waals surface area contributed by atoms with Gasteiger partial charge in [-0.15, -0.1) is 0 Å². The first-order valence-corrected chi connectivity index (χ1v) is 10.1. The van der Waals surface area contributed by atoms with E-state index in [1.807, 2.05) is 0 Å². The zero-order chi connectivity index (χ0) is 25.6. The van der Waals surface area contributed by atoms with Crippen molar-refractivity contribution in [2.75, 3.05) is 13.2 Å². The van der Waals surface area contributed by atoms with Gasteiger partial charge >= 0.3 is 17.9 Å². The fourth-order valence-corrected chi connectivity index (χ4v) is 2.58. The third-order valence-corrected chi connectivity index (χ3v) is 4.39. The van der Waals surface area contributed by atoms with Crippen LogP contribution in [0.25, 0.3) is 0 Å². The number of hydrogen-bond donors (Lipinski definition) is 9. The monoisotopic (exact) mass is 477 g/mol. The molecule has 15 nitrogen and oxygen atoms in total. The summed E-state index contributed by atoms with van der Waals surface area (Å²) in [6.07, 6.45) is -0.988. The molecule has 0 radical (unpaired) electrons. The van der Waals surface area contributed by atoms with Gasteiger partial charge in [0.2, 0.25) is 17.7 Å². The maximum atomic E-state index is 12.6. The maximum absolute atomic E-state index is 12.6. The van der Waals surface area contributed by atoms with Gasteiger partial charge in [-0.1, -0.05) is 0 Å². The molecular formula is C18H31N5O10. The fourth-order valence-electron chi connectivity index (χ4n) is 2.58. The van der Waals surface area contributed by atoms with E-state index < -0.39 is 85.7 Å². The summed E-state index contributed by atoms with van der Waals surface area (Å²) in [5.74, 6) is -7.19. The summed E-state index contributed by atoms with van der Waals surface area (Å²) in [5.41, 5.74) is 10.8. The Labute approximate surface area is 188 Å². The van der Waals surface area contributed by atoms with Crippen molar-refractivity contribution in [3.63, 3.8) is 0 Å². The van der Waals surface area contributed by atoms with Crippen LogP contribution in [-0.4, -0.2) is 93.4 Å². The second-order valence-corrected chi connectivity index (χ2v) is 7.13. The van der Waals surface area contributed by atoms with E-state index in [2.05, 4.69) is 16.0 Å². The number of unbranched alkanes of at least 4 members (excludes halogenated alkanes) is 1. The first-order valence-electron chi connectivity index (χ1n) is 10.1. The van der Waals surface area contributed by atoms with Crippen molar-refractivity contribution >= 4 is 35.6 Å². The third-order valence-electron chi connectivity index (χ3n) is 4.39. The van der Waals surface area contributed by atoms with Crippen molar-refractivity contribution < 1.29 is 49.2 Å². The molecule has 0 aliphatic carbocycles. The van der Waals surface area contributed by atoms with Gasteiger partial charge < -0.3 is 47.8 Å². The molecule has 0 aliphatic heterocycles. The summed E-state index contributed by atoms with van der Waals surface area (Å²) < 4.78 is 0. The van der Waals surface area contributed by atoms with Crippen molar-refractivity contribution in [3.05, 3.63) is 0 Å². The van der Waals surface area contributed by atoms with E-state index in [4.69, 9.17) is 26.8 Å². The van der Waals surface area contributed by atoms with Crippen LogP contribution in [-0.2, 0) is 28.8 Å². The molecule has 11 N–H and O–H groups in total. The van der Waals surface area contributed by atoms with Gasteiger partial charge in [0.05, 0.1) is 13.0 Å². The number of carbonyl (C=O) groups excluding carboxylic acids is 3. The lowest BCUT2D eigenvalue weighted by atomic mass is 10.1. The minimum absolute atomic E-state index is 0.00390. The Morgan fingerprint density at radius 3 is 1.76 bits per heavy atom. The van der Waals surface area contributed by atoms with Crippen LogP contribution in [0.3, 0.4) is 0 Å². The summed E-state index contributed by atoms with van der Waals surface area (Å²) in [5, 5.41) is 42.4. The highest BCUT2D eigenvalue weighted by Gasteiger charge is 2.31. The fraction of sp³-hybridized carbons (Fsp3) is 0.667. The molecule has 4 unspecified atom stereocenters. The van der Waals surface area contributed by atoms with Crippen molar-refractivity contribution in [3.8, 4) is 0 Å². The minimum atomic E-state index is -1.64. The van der Waals surface area contributed by atoms with Gasteiger partial charge in [0.15, 0.2) is 0 Å². The van der Waals surface area contributed by atoms with E-state index in [0.29, 0.717) is 12.8 Å². The summed E-state index contributed by atoms with van der Waals surface area (Å²) in [6.45, 7) is -0.486. The van der Waals surface area contributed by atoms with Crippen LogP contribution in [0.4, 0.5) is 0 Å². The zero-order valence-electron chi connectivity index (χ0n) is 17.9. The van der Waals surface area contributed by atoms with Crippen molar-refractivity contribution in [1.82, 2.24) is 16.0 Å². The molecule has 3 amide bonds. The Balaban J connectivity index is 5.49. The molecule has 0 aromatic carbocycles. The number of aliphatic carboxylic acids is 3. The van der Waals surface area contributed by atoms with Gasteiger partial charge in [0.1, 0.15) is 24.2 Å². The van der Waals surface area contributed by atoms with E-state index >= 15 is 0 Å². The summed E-state index contributed by atoms with van der Waals surface area (Å²) in [6, 6.07) is -5.92. The molecule has 188 valence electrons. The summed E-state index contributed by atoms with van der Waals surface area (Å²) >= 11 is 0. The van der Waals surface area contributed by atoms with E-state index in [9.17, 15) is 33.9 Å². The van der Waals surface area contributed by atoms with Gasteiger partial charge in [-0.25, -0.2) is 4.79 Å². The average molecular weight is 477 g/mol. The molecule has 0 aromatic heterocycles. The number of amides is 3.